The van der Waals surface area contributed by atoms with Crippen LogP contribution in [0, 0.1) is 0 Å². The Morgan fingerprint density at radius 1 is 0.821 bits per heavy atom. The number of hydrogen-bond donors (Lipinski definition) is 0. The second-order valence-electron chi connectivity index (χ2n) is 7.94. The van der Waals surface area contributed by atoms with Crippen molar-refractivity contribution in [1.29, 1.82) is 0 Å². The highest BCUT2D eigenvalue weighted by atomic mass is 15.4. The zero-order chi connectivity index (χ0) is 19.7. The monoisotopic (exact) mass is 385 g/mol. The van der Waals surface area contributed by atoms with Crippen molar-refractivity contribution in [2.24, 2.45) is 25.0 Å². The van der Waals surface area contributed by atoms with Gasteiger partial charge in [0.2, 0.25) is 0 Å². The lowest BCUT2D eigenvalue weighted by atomic mass is 10.0. The van der Waals surface area contributed by atoms with Gasteiger partial charge in [0.25, 0.3) is 0 Å². The Hall–Kier alpha value is -2.31. The predicted molar refractivity (Wildman–Crippen MR) is 121 cm³/mol. The third-order valence-electron chi connectivity index (χ3n) is 5.21. The van der Waals surface area contributed by atoms with Crippen molar-refractivity contribution in [3.63, 3.8) is 0 Å². The smallest absolute Gasteiger partial charge is 0.151 e. The first-order valence-corrected chi connectivity index (χ1v) is 9.71. The van der Waals surface area contributed by atoms with Crippen LogP contribution in [0.5, 0.6) is 0 Å². The van der Waals surface area contributed by atoms with Crippen molar-refractivity contribution < 1.29 is 0 Å². The van der Waals surface area contributed by atoms with Crippen molar-refractivity contribution in [2.75, 3.05) is 0 Å². The van der Waals surface area contributed by atoms with Crippen LogP contribution in [0.1, 0.15) is 55.9 Å². The molecule has 0 fully saturated rings. The van der Waals surface area contributed by atoms with Gasteiger partial charge in [-0.15, -0.1) is 0 Å². The van der Waals surface area contributed by atoms with Gasteiger partial charge in [0.05, 0.1) is 12.7 Å². The SMILES string of the molecule is C.CC1=CC2N=CN(C(C)C)C2N=C1C.CC1=NC2C(C=N1)N=CN2C(C)C. The molecule has 0 aromatic carbocycles. The Balaban J connectivity index is 0.000000194. The lowest BCUT2D eigenvalue weighted by Gasteiger charge is -2.30. The van der Waals surface area contributed by atoms with E-state index >= 15 is 0 Å². The molecule has 4 aliphatic rings. The van der Waals surface area contributed by atoms with Gasteiger partial charge in [0.15, 0.2) is 6.17 Å². The summed E-state index contributed by atoms with van der Waals surface area (Å²) >= 11 is 0. The Morgan fingerprint density at radius 3 is 1.93 bits per heavy atom. The number of amidine groups is 1. The molecular weight excluding hydrogens is 350 g/mol. The molecule has 4 rings (SSSR count). The third-order valence-corrected chi connectivity index (χ3v) is 5.21. The molecule has 7 nitrogen and oxygen atoms in total. The van der Waals surface area contributed by atoms with Crippen molar-refractivity contribution in [3.05, 3.63) is 11.6 Å². The van der Waals surface area contributed by atoms with Gasteiger partial charge in [-0.2, -0.15) is 0 Å². The second kappa shape index (κ2) is 8.80. The van der Waals surface area contributed by atoms with Crippen molar-refractivity contribution in [1.82, 2.24) is 9.80 Å². The van der Waals surface area contributed by atoms with Crippen LogP contribution in [0.25, 0.3) is 0 Å². The number of dihydropyridines is 1. The molecule has 0 aromatic rings. The molecule has 4 heterocycles. The van der Waals surface area contributed by atoms with E-state index in [4.69, 9.17) is 0 Å². The Morgan fingerprint density at radius 2 is 1.36 bits per heavy atom. The number of allylic oxidation sites excluding steroid dienone is 1. The van der Waals surface area contributed by atoms with Crippen LogP contribution < -0.4 is 0 Å². The number of hydrogen-bond acceptors (Lipinski definition) is 7. The van der Waals surface area contributed by atoms with E-state index in [2.05, 4.69) is 82.4 Å². The molecule has 154 valence electrons. The first-order valence-electron chi connectivity index (χ1n) is 9.71. The van der Waals surface area contributed by atoms with E-state index in [0.717, 1.165) is 11.5 Å². The maximum absolute atomic E-state index is 4.68. The standard InChI is InChI=1S/C11H17N3.C9H14N4.CH4/c1-7(2)14-6-12-10-5-8(3)9(4)13-11(10)14;1-6(2)13-5-11-8-4-10-7(3)12-9(8)13;/h5-7,10-11H,1-4H3;4-6,8-9H,1-3H3;1H4. The van der Waals surface area contributed by atoms with Crippen LogP contribution in [-0.4, -0.2) is 76.7 Å². The summed E-state index contributed by atoms with van der Waals surface area (Å²) in [6, 6.07) is 1.28. The van der Waals surface area contributed by atoms with E-state index in [1.807, 2.05) is 25.8 Å². The molecule has 0 saturated carbocycles. The van der Waals surface area contributed by atoms with E-state index < -0.39 is 0 Å². The van der Waals surface area contributed by atoms with Gasteiger partial charge in [-0.3, -0.25) is 15.0 Å². The number of aliphatic imine (C=N–C) groups is 5. The average Bonchev–Trinajstić information content (AvgIpc) is 3.19. The minimum atomic E-state index is 0. The zero-order valence-electron chi connectivity index (χ0n) is 17.4. The number of nitrogens with zero attached hydrogens (tertiary/aromatic N) is 7. The summed E-state index contributed by atoms with van der Waals surface area (Å²) < 4.78 is 0. The molecule has 0 saturated heterocycles. The van der Waals surface area contributed by atoms with Crippen LogP contribution in [0.4, 0.5) is 0 Å². The number of fused-ring (bicyclic) bond motifs is 2. The maximum atomic E-state index is 4.68. The molecule has 0 amide bonds. The van der Waals surface area contributed by atoms with Crippen molar-refractivity contribution in [2.45, 2.75) is 92.4 Å². The highest BCUT2D eigenvalue weighted by Gasteiger charge is 2.33. The van der Waals surface area contributed by atoms with Gasteiger partial charge < -0.3 is 9.80 Å². The van der Waals surface area contributed by atoms with Crippen LogP contribution in [0.15, 0.2) is 36.6 Å². The summed E-state index contributed by atoms with van der Waals surface area (Å²) in [4.78, 5) is 26.5. The Bertz CT molecular complexity index is 742. The lowest BCUT2D eigenvalue weighted by Crippen LogP contribution is -2.41. The third kappa shape index (κ3) is 4.39. The van der Waals surface area contributed by atoms with Gasteiger partial charge in [-0.1, -0.05) is 13.5 Å². The fraction of sp³-hybridized carbons (Fsp3) is 0.667. The van der Waals surface area contributed by atoms with Gasteiger partial charge in [0, 0.05) is 24.0 Å². The topological polar surface area (TPSA) is 68.3 Å². The van der Waals surface area contributed by atoms with E-state index in [1.165, 1.54) is 5.57 Å². The molecule has 0 aliphatic carbocycles. The molecule has 0 aromatic heterocycles. The maximum Gasteiger partial charge on any atom is 0.151 e. The van der Waals surface area contributed by atoms with E-state index in [9.17, 15) is 0 Å². The van der Waals surface area contributed by atoms with Crippen LogP contribution in [-0.2, 0) is 0 Å². The zero-order valence-corrected chi connectivity index (χ0v) is 17.4. The molecule has 0 bridgehead atoms. The van der Waals surface area contributed by atoms with E-state index in [0.29, 0.717) is 12.1 Å². The first kappa shape index (κ1) is 22.0. The molecule has 4 unspecified atom stereocenters. The van der Waals surface area contributed by atoms with Crippen molar-refractivity contribution in [3.8, 4) is 0 Å². The van der Waals surface area contributed by atoms with Gasteiger partial charge >= 0.3 is 0 Å². The summed E-state index contributed by atoms with van der Waals surface area (Å²) in [6.07, 6.45) is 8.27. The fourth-order valence-corrected chi connectivity index (χ4v) is 3.45. The van der Waals surface area contributed by atoms with Crippen LogP contribution in [0.3, 0.4) is 0 Å². The lowest BCUT2D eigenvalue weighted by molar-refractivity contribution is 0.283. The summed E-state index contributed by atoms with van der Waals surface area (Å²) in [5.74, 6) is 0.845. The minimum absolute atomic E-state index is 0. The Labute approximate surface area is 169 Å². The van der Waals surface area contributed by atoms with Crippen LogP contribution in [0.2, 0.25) is 0 Å². The quantitative estimate of drug-likeness (QED) is 0.731. The molecule has 4 aliphatic heterocycles. The molecular formula is C21H35N7. The van der Waals surface area contributed by atoms with Gasteiger partial charge in [-0.05, 0) is 54.0 Å². The first-order chi connectivity index (χ1) is 12.8. The molecule has 4 atom stereocenters. The highest BCUT2D eigenvalue weighted by molar-refractivity contribution is 5.99. The summed E-state index contributed by atoms with van der Waals surface area (Å²) in [7, 11) is 0. The summed E-state index contributed by atoms with van der Waals surface area (Å²) in [5, 5.41) is 0. The summed E-state index contributed by atoms with van der Waals surface area (Å²) in [6.45, 7) is 14.7. The molecule has 0 radical (unpaired) electrons. The normalized spacial score (nSPS) is 29.7. The molecule has 7 heteroatoms. The average molecular weight is 386 g/mol. The predicted octanol–water partition coefficient (Wildman–Crippen LogP) is 3.43. The highest BCUT2D eigenvalue weighted by Crippen LogP contribution is 2.24. The van der Waals surface area contributed by atoms with E-state index in [1.54, 1.807) is 0 Å². The molecule has 0 N–H and O–H groups in total. The fourth-order valence-electron chi connectivity index (χ4n) is 3.45. The molecule has 0 spiro atoms. The molecule has 28 heavy (non-hydrogen) atoms. The van der Waals surface area contributed by atoms with Crippen LogP contribution >= 0.6 is 0 Å². The minimum Gasteiger partial charge on any atom is -0.336 e. The largest absolute Gasteiger partial charge is 0.336 e. The Kier molecular flexibility index (Phi) is 6.91. The van der Waals surface area contributed by atoms with Crippen molar-refractivity contribution >= 4 is 30.4 Å². The summed E-state index contributed by atoms with van der Waals surface area (Å²) in [5.41, 5.74) is 2.40. The number of rotatable bonds is 2. The van der Waals surface area contributed by atoms with Gasteiger partial charge in [-0.25, -0.2) is 9.98 Å². The second-order valence-corrected chi connectivity index (χ2v) is 7.94. The van der Waals surface area contributed by atoms with Gasteiger partial charge in [0.1, 0.15) is 24.1 Å². The van der Waals surface area contributed by atoms with E-state index in [-0.39, 0.29) is 31.8 Å².